The van der Waals surface area contributed by atoms with Crippen LogP contribution in [0.1, 0.15) is 21.7 Å². The van der Waals surface area contributed by atoms with Crippen molar-refractivity contribution in [1.29, 1.82) is 0 Å². The zero-order valence-electron chi connectivity index (χ0n) is 12.2. The highest BCUT2D eigenvalue weighted by molar-refractivity contribution is 6.32. The molecule has 0 saturated carbocycles. The average molecular weight is 329 g/mol. The molecule has 0 atom stereocenters. The van der Waals surface area contributed by atoms with Crippen LogP contribution in [0.15, 0.2) is 47.7 Å². The van der Waals surface area contributed by atoms with Crippen LogP contribution in [-0.2, 0) is 0 Å². The van der Waals surface area contributed by atoms with Crippen LogP contribution in [0, 0.1) is 6.92 Å². The second-order valence-electron chi connectivity index (χ2n) is 4.71. The van der Waals surface area contributed by atoms with Gasteiger partial charge >= 0.3 is 0 Å². The first-order valence-corrected chi connectivity index (χ1v) is 7.18. The number of amides is 1. The van der Waals surface area contributed by atoms with E-state index in [4.69, 9.17) is 11.6 Å². The molecule has 0 unspecified atom stereocenters. The Hall–Kier alpha value is -2.93. The number of carbonyl (C=O) groups is 1. The Labute approximate surface area is 137 Å². The molecular weight excluding hydrogens is 316 g/mol. The van der Waals surface area contributed by atoms with E-state index in [2.05, 4.69) is 25.8 Å². The van der Waals surface area contributed by atoms with Crippen LogP contribution < -0.4 is 5.43 Å². The second-order valence-corrected chi connectivity index (χ2v) is 5.06. The molecule has 0 fully saturated rings. The van der Waals surface area contributed by atoms with Crippen molar-refractivity contribution in [3.05, 3.63) is 64.7 Å². The predicted octanol–water partition coefficient (Wildman–Crippen LogP) is 2.32. The van der Waals surface area contributed by atoms with E-state index in [-0.39, 0.29) is 5.91 Å². The van der Waals surface area contributed by atoms with Crippen molar-refractivity contribution in [1.82, 2.24) is 25.4 Å². The van der Waals surface area contributed by atoms with E-state index in [0.717, 1.165) is 5.69 Å². The molecule has 3 rings (SSSR count). The molecule has 3 aromatic rings. The number of aromatic amines is 1. The van der Waals surface area contributed by atoms with Gasteiger partial charge in [0, 0.05) is 6.20 Å². The van der Waals surface area contributed by atoms with Gasteiger partial charge in [-0.25, -0.2) is 10.1 Å². The van der Waals surface area contributed by atoms with Gasteiger partial charge < -0.3 is 0 Å². The van der Waals surface area contributed by atoms with E-state index in [0.29, 0.717) is 22.1 Å². The van der Waals surface area contributed by atoms with Gasteiger partial charge in [-0.3, -0.25) is 9.89 Å². The van der Waals surface area contributed by atoms with Crippen molar-refractivity contribution in [3.8, 4) is 5.69 Å². The Bertz CT molecular complexity index is 838. The molecule has 1 amide bonds. The fraction of sp³-hybridized carbons (Fsp3) is 0.0667. The Morgan fingerprint density at radius 1 is 1.35 bits per heavy atom. The third-order valence-corrected chi connectivity index (χ3v) is 3.52. The standard InChI is InChI=1S/C15H13ClN6O/c1-10-12(9-18-20-15(23)13-7-8-17-19-13)14(16)22(21-10)11-5-3-2-4-6-11/h2-9H,1H3,(H,17,19)(H,20,23)/b18-9-. The third-order valence-electron chi connectivity index (χ3n) is 3.15. The first-order chi connectivity index (χ1) is 11.2. The number of rotatable bonds is 4. The lowest BCUT2D eigenvalue weighted by atomic mass is 10.3. The van der Waals surface area contributed by atoms with Crippen LogP contribution in [-0.4, -0.2) is 32.1 Å². The van der Waals surface area contributed by atoms with E-state index in [1.54, 1.807) is 10.7 Å². The number of halogens is 1. The van der Waals surface area contributed by atoms with Gasteiger partial charge in [0.2, 0.25) is 0 Å². The first kappa shape index (κ1) is 15.0. The van der Waals surface area contributed by atoms with Gasteiger partial charge in [0.1, 0.15) is 10.8 Å². The normalized spacial score (nSPS) is 11.0. The molecule has 0 aliphatic heterocycles. The molecule has 0 spiro atoms. The molecule has 116 valence electrons. The van der Waals surface area contributed by atoms with Crippen LogP contribution in [0.5, 0.6) is 0 Å². The van der Waals surface area contributed by atoms with Crippen molar-refractivity contribution >= 4 is 23.7 Å². The van der Waals surface area contributed by atoms with Crippen LogP contribution in [0.4, 0.5) is 0 Å². The summed E-state index contributed by atoms with van der Waals surface area (Å²) >= 11 is 6.36. The van der Waals surface area contributed by atoms with Gasteiger partial charge in [0.25, 0.3) is 5.91 Å². The van der Waals surface area contributed by atoms with Crippen LogP contribution in [0.2, 0.25) is 5.15 Å². The summed E-state index contributed by atoms with van der Waals surface area (Å²) in [5.74, 6) is -0.386. The van der Waals surface area contributed by atoms with E-state index >= 15 is 0 Å². The maximum absolute atomic E-state index is 11.7. The molecule has 23 heavy (non-hydrogen) atoms. The minimum absolute atomic E-state index is 0.324. The monoisotopic (exact) mass is 328 g/mol. The van der Waals surface area contributed by atoms with Crippen molar-refractivity contribution in [2.24, 2.45) is 5.10 Å². The maximum Gasteiger partial charge on any atom is 0.289 e. The minimum Gasteiger partial charge on any atom is -0.273 e. The zero-order valence-corrected chi connectivity index (χ0v) is 12.9. The summed E-state index contributed by atoms with van der Waals surface area (Å²) < 4.78 is 1.62. The number of benzene rings is 1. The lowest BCUT2D eigenvalue weighted by Gasteiger charge is -2.01. The van der Waals surface area contributed by atoms with Gasteiger partial charge in [-0.1, -0.05) is 29.8 Å². The first-order valence-electron chi connectivity index (χ1n) is 6.80. The molecule has 2 aromatic heterocycles. The fourth-order valence-electron chi connectivity index (χ4n) is 2.00. The third kappa shape index (κ3) is 3.14. The van der Waals surface area contributed by atoms with Crippen LogP contribution in [0.3, 0.4) is 0 Å². The van der Waals surface area contributed by atoms with E-state index in [1.165, 1.54) is 12.4 Å². The molecule has 0 saturated heterocycles. The molecule has 2 N–H and O–H groups in total. The number of hydrogen-bond donors (Lipinski definition) is 2. The average Bonchev–Trinajstić information content (AvgIpc) is 3.19. The highest BCUT2D eigenvalue weighted by atomic mass is 35.5. The molecule has 0 radical (unpaired) electrons. The number of hydrazone groups is 1. The molecule has 2 heterocycles. The lowest BCUT2D eigenvalue weighted by molar-refractivity contribution is 0.0950. The van der Waals surface area contributed by atoms with Crippen molar-refractivity contribution in [3.63, 3.8) is 0 Å². The molecule has 0 aliphatic rings. The predicted molar refractivity (Wildman–Crippen MR) is 87.0 cm³/mol. The number of aromatic nitrogens is 4. The number of aryl methyl sites for hydroxylation is 1. The fourth-order valence-corrected chi connectivity index (χ4v) is 2.32. The zero-order chi connectivity index (χ0) is 16.2. The Morgan fingerprint density at radius 2 is 2.13 bits per heavy atom. The van der Waals surface area contributed by atoms with Gasteiger partial charge in [0.15, 0.2) is 0 Å². The van der Waals surface area contributed by atoms with Crippen LogP contribution >= 0.6 is 11.6 Å². The number of para-hydroxylation sites is 1. The second kappa shape index (κ2) is 6.45. The van der Waals surface area contributed by atoms with Crippen molar-refractivity contribution in [2.75, 3.05) is 0 Å². The smallest absolute Gasteiger partial charge is 0.273 e. The molecule has 0 bridgehead atoms. The van der Waals surface area contributed by atoms with E-state index < -0.39 is 0 Å². The molecule has 8 heteroatoms. The Morgan fingerprint density at radius 3 is 2.83 bits per heavy atom. The number of nitrogens with one attached hydrogen (secondary N) is 2. The highest BCUT2D eigenvalue weighted by Crippen LogP contribution is 2.21. The number of hydrogen-bond acceptors (Lipinski definition) is 4. The summed E-state index contributed by atoms with van der Waals surface area (Å²) in [4.78, 5) is 11.7. The number of carbonyl (C=O) groups excluding carboxylic acids is 1. The quantitative estimate of drug-likeness (QED) is 0.569. The summed E-state index contributed by atoms with van der Waals surface area (Å²) in [6.07, 6.45) is 2.96. The largest absolute Gasteiger partial charge is 0.289 e. The minimum atomic E-state index is -0.386. The Balaban J connectivity index is 1.80. The van der Waals surface area contributed by atoms with E-state index in [1.807, 2.05) is 37.3 Å². The number of H-pyrrole nitrogens is 1. The summed E-state index contributed by atoms with van der Waals surface area (Å²) in [6, 6.07) is 11.1. The maximum atomic E-state index is 11.7. The van der Waals surface area contributed by atoms with Crippen LogP contribution in [0.25, 0.3) is 5.69 Å². The summed E-state index contributed by atoms with van der Waals surface area (Å²) in [6.45, 7) is 1.82. The summed E-state index contributed by atoms with van der Waals surface area (Å²) in [5.41, 5.74) is 4.92. The molecular formula is C15H13ClN6O. The Kier molecular flexibility index (Phi) is 4.20. The van der Waals surface area contributed by atoms with Gasteiger partial charge in [0.05, 0.1) is 23.2 Å². The highest BCUT2D eigenvalue weighted by Gasteiger charge is 2.13. The topological polar surface area (TPSA) is 88.0 Å². The molecule has 1 aromatic carbocycles. The summed E-state index contributed by atoms with van der Waals surface area (Å²) in [5, 5.41) is 15.0. The molecule has 7 nitrogen and oxygen atoms in total. The SMILES string of the molecule is Cc1nn(-c2ccccc2)c(Cl)c1/C=N\NC(=O)c1ccn[nH]1. The molecule has 0 aliphatic carbocycles. The van der Waals surface area contributed by atoms with Gasteiger partial charge in [-0.2, -0.15) is 15.3 Å². The lowest BCUT2D eigenvalue weighted by Crippen LogP contribution is -2.18. The van der Waals surface area contributed by atoms with Crippen molar-refractivity contribution < 1.29 is 4.79 Å². The van der Waals surface area contributed by atoms with Gasteiger partial charge in [-0.05, 0) is 25.1 Å². The van der Waals surface area contributed by atoms with Gasteiger partial charge in [-0.15, -0.1) is 0 Å². The summed E-state index contributed by atoms with van der Waals surface area (Å²) in [7, 11) is 0. The van der Waals surface area contributed by atoms with Crippen molar-refractivity contribution in [2.45, 2.75) is 6.92 Å². The number of nitrogens with zero attached hydrogens (tertiary/aromatic N) is 4. The van der Waals surface area contributed by atoms with E-state index in [9.17, 15) is 4.79 Å².